The van der Waals surface area contributed by atoms with Gasteiger partial charge >= 0.3 is 6.18 Å². The number of halogens is 4. The van der Waals surface area contributed by atoms with E-state index in [1.807, 2.05) is 0 Å². The van der Waals surface area contributed by atoms with Crippen molar-refractivity contribution in [1.82, 2.24) is 0 Å². The molecule has 1 fully saturated rings. The largest absolute Gasteiger partial charge is 0.490 e. The number of nitrogens with one attached hydrogen (secondary N) is 2. The Labute approximate surface area is 213 Å². The van der Waals surface area contributed by atoms with E-state index in [1.54, 1.807) is 30.3 Å². The first kappa shape index (κ1) is 25.7. The third-order valence-electron chi connectivity index (χ3n) is 5.47. The predicted octanol–water partition coefficient (Wildman–Crippen LogP) is 6.53. The maximum absolute atomic E-state index is 12.9. The highest BCUT2D eigenvalue weighted by Crippen LogP contribution is 2.31. The molecule has 0 radical (unpaired) electrons. The van der Waals surface area contributed by atoms with Crippen molar-refractivity contribution in [2.45, 2.75) is 25.1 Å². The first-order valence-electron chi connectivity index (χ1n) is 11.1. The van der Waals surface area contributed by atoms with Crippen molar-refractivity contribution >= 4 is 39.1 Å². The Hall–Kier alpha value is -3.37. The molecule has 1 aliphatic heterocycles. The van der Waals surface area contributed by atoms with E-state index in [0.29, 0.717) is 28.1 Å². The quantitative estimate of drug-likeness (QED) is 0.343. The van der Waals surface area contributed by atoms with Gasteiger partial charge in [-0.1, -0.05) is 12.1 Å². The Morgan fingerprint density at radius 1 is 0.944 bits per heavy atom. The SMILES string of the molecule is O=C(Nc1cccc(C(F)(F)F)c1)c1cccc(NC(=O)c2ccc(OCC3CCCO3)c(Br)c2)c1. The second kappa shape index (κ2) is 11.1. The molecule has 0 aromatic heterocycles. The van der Waals surface area contributed by atoms with Crippen LogP contribution in [0.2, 0.25) is 0 Å². The lowest BCUT2D eigenvalue weighted by Crippen LogP contribution is -2.17. The molecule has 188 valence electrons. The van der Waals surface area contributed by atoms with E-state index >= 15 is 0 Å². The Morgan fingerprint density at radius 3 is 2.25 bits per heavy atom. The zero-order valence-electron chi connectivity index (χ0n) is 18.9. The molecule has 1 saturated heterocycles. The molecule has 1 unspecified atom stereocenters. The van der Waals surface area contributed by atoms with Crippen LogP contribution in [0.15, 0.2) is 71.2 Å². The van der Waals surface area contributed by atoms with Gasteiger partial charge in [-0.3, -0.25) is 9.59 Å². The number of hydrogen-bond donors (Lipinski definition) is 2. The van der Waals surface area contributed by atoms with Crippen LogP contribution in [0.5, 0.6) is 5.75 Å². The highest BCUT2D eigenvalue weighted by molar-refractivity contribution is 9.10. The monoisotopic (exact) mass is 562 g/mol. The van der Waals surface area contributed by atoms with Gasteiger partial charge in [0.25, 0.3) is 11.8 Å². The van der Waals surface area contributed by atoms with Crippen LogP contribution in [-0.4, -0.2) is 31.1 Å². The molecule has 0 aliphatic carbocycles. The van der Waals surface area contributed by atoms with E-state index in [1.165, 1.54) is 24.3 Å². The third-order valence-corrected chi connectivity index (χ3v) is 6.09. The molecule has 2 N–H and O–H groups in total. The fourth-order valence-electron chi connectivity index (χ4n) is 3.64. The molecule has 6 nitrogen and oxygen atoms in total. The Kier molecular flexibility index (Phi) is 7.95. The molecule has 10 heteroatoms. The molecule has 36 heavy (non-hydrogen) atoms. The molecule has 1 heterocycles. The highest BCUT2D eigenvalue weighted by Gasteiger charge is 2.30. The van der Waals surface area contributed by atoms with Crippen LogP contribution in [0.1, 0.15) is 39.1 Å². The molecular formula is C26H22BrF3N2O4. The normalized spacial score (nSPS) is 15.4. The lowest BCUT2D eigenvalue weighted by molar-refractivity contribution is -0.137. The van der Waals surface area contributed by atoms with E-state index in [9.17, 15) is 22.8 Å². The predicted molar refractivity (Wildman–Crippen MR) is 132 cm³/mol. The summed E-state index contributed by atoms with van der Waals surface area (Å²) in [5, 5.41) is 5.17. The van der Waals surface area contributed by atoms with Crippen LogP contribution in [0.25, 0.3) is 0 Å². The summed E-state index contributed by atoms with van der Waals surface area (Å²) in [7, 11) is 0. The average molecular weight is 563 g/mol. The molecule has 1 aliphatic rings. The van der Waals surface area contributed by atoms with Crippen LogP contribution < -0.4 is 15.4 Å². The molecular weight excluding hydrogens is 541 g/mol. The number of amides is 2. The summed E-state index contributed by atoms with van der Waals surface area (Å²) < 4.78 is 50.7. The lowest BCUT2D eigenvalue weighted by Gasteiger charge is -2.13. The minimum absolute atomic E-state index is 0.0101. The fraction of sp³-hybridized carbons (Fsp3) is 0.231. The van der Waals surface area contributed by atoms with Gasteiger partial charge in [0.2, 0.25) is 0 Å². The van der Waals surface area contributed by atoms with Crippen molar-refractivity contribution < 1.29 is 32.2 Å². The molecule has 3 aromatic carbocycles. The number of ether oxygens (including phenoxy) is 2. The van der Waals surface area contributed by atoms with Gasteiger partial charge in [0, 0.05) is 29.1 Å². The van der Waals surface area contributed by atoms with Gasteiger partial charge in [-0.05, 0) is 83.4 Å². The molecule has 0 saturated carbocycles. The van der Waals surface area contributed by atoms with Crippen molar-refractivity contribution in [1.29, 1.82) is 0 Å². The van der Waals surface area contributed by atoms with E-state index in [0.717, 1.165) is 31.6 Å². The van der Waals surface area contributed by atoms with Crippen LogP contribution in [0, 0.1) is 0 Å². The smallest absolute Gasteiger partial charge is 0.416 e. The minimum Gasteiger partial charge on any atom is -0.490 e. The van der Waals surface area contributed by atoms with Crippen LogP contribution >= 0.6 is 15.9 Å². The van der Waals surface area contributed by atoms with Crippen molar-refractivity contribution in [2.75, 3.05) is 23.8 Å². The Morgan fingerprint density at radius 2 is 1.61 bits per heavy atom. The topological polar surface area (TPSA) is 76.7 Å². The highest BCUT2D eigenvalue weighted by atomic mass is 79.9. The summed E-state index contributed by atoms with van der Waals surface area (Å²) in [5.41, 5.74) is 0.0348. The molecule has 2 amide bonds. The van der Waals surface area contributed by atoms with Gasteiger partial charge in [0.1, 0.15) is 12.4 Å². The van der Waals surface area contributed by atoms with Crippen LogP contribution in [0.4, 0.5) is 24.5 Å². The third kappa shape index (κ3) is 6.64. The molecule has 4 rings (SSSR count). The zero-order chi connectivity index (χ0) is 25.7. The number of carbonyl (C=O) groups excluding carboxylic acids is 2. The Bertz CT molecular complexity index is 1260. The van der Waals surface area contributed by atoms with Gasteiger partial charge < -0.3 is 20.1 Å². The lowest BCUT2D eigenvalue weighted by atomic mass is 10.1. The first-order chi connectivity index (χ1) is 17.2. The molecule has 1 atom stereocenters. The number of carbonyl (C=O) groups is 2. The van der Waals surface area contributed by atoms with Gasteiger partial charge in [0.05, 0.1) is 16.1 Å². The zero-order valence-corrected chi connectivity index (χ0v) is 20.5. The van der Waals surface area contributed by atoms with E-state index in [-0.39, 0.29) is 17.4 Å². The van der Waals surface area contributed by atoms with E-state index in [4.69, 9.17) is 9.47 Å². The maximum atomic E-state index is 12.9. The number of anilines is 2. The minimum atomic E-state index is -4.52. The Balaban J connectivity index is 1.39. The van der Waals surface area contributed by atoms with Crippen molar-refractivity contribution in [3.8, 4) is 5.75 Å². The number of hydrogen-bond acceptors (Lipinski definition) is 4. The second-order valence-electron chi connectivity index (χ2n) is 8.16. The number of alkyl halides is 3. The summed E-state index contributed by atoms with van der Waals surface area (Å²) >= 11 is 3.42. The summed E-state index contributed by atoms with van der Waals surface area (Å²) in [5.74, 6) is -0.423. The standard InChI is InChI=1S/C26H22BrF3N2O4/c27-22-13-17(9-10-23(22)36-15-21-8-3-11-35-21)25(34)31-19-6-1-4-16(12-19)24(33)32-20-7-2-5-18(14-20)26(28,29)30/h1-2,4-7,9-10,12-14,21H,3,8,11,15H2,(H,31,34)(H,32,33). The molecule has 0 spiro atoms. The average Bonchev–Trinajstić information content (AvgIpc) is 3.37. The van der Waals surface area contributed by atoms with Crippen LogP contribution in [-0.2, 0) is 10.9 Å². The number of benzene rings is 3. The number of rotatable bonds is 7. The van der Waals surface area contributed by atoms with Gasteiger partial charge in [-0.25, -0.2) is 0 Å². The summed E-state index contributed by atoms with van der Waals surface area (Å²) in [6.45, 7) is 1.17. The molecule has 0 bridgehead atoms. The summed E-state index contributed by atoms with van der Waals surface area (Å²) in [6.07, 6.45) is -2.48. The summed E-state index contributed by atoms with van der Waals surface area (Å²) in [4.78, 5) is 25.3. The maximum Gasteiger partial charge on any atom is 0.416 e. The van der Waals surface area contributed by atoms with Gasteiger partial charge in [-0.2, -0.15) is 13.2 Å². The van der Waals surface area contributed by atoms with Crippen molar-refractivity contribution in [2.24, 2.45) is 0 Å². The van der Waals surface area contributed by atoms with Crippen molar-refractivity contribution in [3.05, 3.63) is 87.9 Å². The second-order valence-corrected chi connectivity index (χ2v) is 9.01. The van der Waals surface area contributed by atoms with Crippen molar-refractivity contribution in [3.63, 3.8) is 0 Å². The van der Waals surface area contributed by atoms with Crippen LogP contribution in [0.3, 0.4) is 0 Å². The van der Waals surface area contributed by atoms with E-state index < -0.39 is 23.6 Å². The molecule has 3 aromatic rings. The fourth-order valence-corrected chi connectivity index (χ4v) is 4.13. The summed E-state index contributed by atoms with van der Waals surface area (Å²) in [6, 6.07) is 15.4. The van der Waals surface area contributed by atoms with Gasteiger partial charge in [-0.15, -0.1) is 0 Å². The first-order valence-corrected chi connectivity index (χ1v) is 11.9. The van der Waals surface area contributed by atoms with Gasteiger partial charge in [0.15, 0.2) is 0 Å². The van der Waals surface area contributed by atoms with E-state index in [2.05, 4.69) is 26.6 Å².